The maximum Gasteiger partial charge on any atom is 0.138 e. The summed E-state index contributed by atoms with van der Waals surface area (Å²) in [4.78, 5) is 4.36. The molecule has 1 fully saturated rings. The minimum absolute atomic E-state index is 0.666. The van der Waals surface area contributed by atoms with Crippen molar-refractivity contribution in [2.45, 2.75) is 51.5 Å². The van der Waals surface area contributed by atoms with Crippen molar-refractivity contribution in [3.63, 3.8) is 0 Å². The Morgan fingerprint density at radius 3 is 2.88 bits per heavy atom. The number of aromatic nitrogens is 3. The van der Waals surface area contributed by atoms with Gasteiger partial charge in [-0.2, -0.15) is 5.10 Å². The van der Waals surface area contributed by atoms with Gasteiger partial charge in [-0.3, -0.25) is 4.68 Å². The first-order valence-corrected chi connectivity index (χ1v) is 6.87. The smallest absolute Gasteiger partial charge is 0.138 e. The van der Waals surface area contributed by atoms with Gasteiger partial charge in [0, 0.05) is 19.5 Å². The third-order valence-electron chi connectivity index (χ3n) is 3.88. The van der Waals surface area contributed by atoms with E-state index in [-0.39, 0.29) is 0 Å². The average Bonchev–Trinajstić information content (AvgIpc) is 2.59. The number of hydrogen-bond donors (Lipinski definition) is 1. The normalized spacial score (nSPS) is 25.8. The molecule has 1 aromatic heterocycles. The van der Waals surface area contributed by atoms with Crippen molar-refractivity contribution in [2.24, 2.45) is 13.0 Å². The fraction of sp³-hybridized carbons (Fsp3) is 0.846. The van der Waals surface area contributed by atoms with Gasteiger partial charge in [0.2, 0.25) is 0 Å². The molecular formula is C13H24N4. The topological polar surface area (TPSA) is 42.7 Å². The van der Waals surface area contributed by atoms with Crippen LogP contribution in [0.4, 0.5) is 0 Å². The van der Waals surface area contributed by atoms with Crippen molar-refractivity contribution in [2.75, 3.05) is 6.54 Å². The van der Waals surface area contributed by atoms with Crippen molar-refractivity contribution in [1.29, 1.82) is 0 Å². The fourth-order valence-electron chi connectivity index (χ4n) is 2.90. The molecule has 4 nitrogen and oxygen atoms in total. The van der Waals surface area contributed by atoms with Crippen LogP contribution in [0.2, 0.25) is 0 Å². The second kappa shape index (κ2) is 6.15. The number of rotatable bonds is 4. The van der Waals surface area contributed by atoms with Gasteiger partial charge < -0.3 is 5.32 Å². The van der Waals surface area contributed by atoms with Crippen LogP contribution in [0.5, 0.6) is 0 Å². The summed E-state index contributed by atoms with van der Waals surface area (Å²) in [6, 6.07) is 0.666. The Morgan fingerprint density at radius 1 is 1.35 bits per heavy atom. The van der Waals surface area contributed by atoms with Gasteiger partial charge in [-0.25, -0.2) is 4.98 Å². The van der Waals surface area contributed by atoms with Gasteiger partial charge >= 0.3 is 0 Å². The first kappa shape index (κ1) is 12.6. The zero-order valence-electron chi connectivity index (χ0n) is 11.0. The Balaban J connectivity index is 2.02. The van der Waals surface area contributed by atoms with Gasteiger partial charge in [-0.1, -0.05) is 26.2 Å². The predicted molar refractivity (Wildman–Crippen MR) is 68.7 cm³/mol. The third kappa shape index (κ3) is 3.28. The lowest BCUT2D eigenvalue weighted by molar-refractivity contribution is 0.329. The van der Waals surface area contributed by atoms with Crippen LogP contribution in [0.1, 0.15) is 44.9 Å². The lowest BCUT2D eigenvalue weighted by atomic mass is 9.91. The molecule has 0 aliphatic heterocycles. The molecule has 1 heterocycles. The lowest BCUT2D eigenvalue weighted by Gasteiger charge is -2.25. The Bertz CT molecular complexity index is 334. The van der Waals surface area contributed by atoms with Crippen LogP contribution in [0.25, 0.3) is 0 Å². The van der Waals surface area contributed by atoms with Gasteiger partial charge in [0.15, 0.2) is 0 Å². The van der Waals surface area contributed by atoms with Crippen molar-refractivity contribution >= 4 is 0 Å². The molecule has 2 unspecified atom stereocenters. The SMILES string of the molecule is CCNC1CCCCCC1Cc1ncnn1C. The summed E-state index contributed by atoms with van der Waals surface area (Å²) in [6.45, 7) is 3.27. The molecule has 17 heavy (non-hydrogen) atoms. The van der Waals surface area contributed by atoms with Crippen molar-refractivity contribution < 1.29 is 0 Å². The van der Waals surface area contributed by atoms with E-state index >= 15 is 0 Å². The van der Waals surface area contributed by atoms with E-state index in [1.165, 1.54) is 32.1 Å². The van der Waals surface area contributed by atoms with E-state index in [9.17, 15) is 0 Å². The maximum absolute atomic E-state index is 4.36. The van der Waals surface area contributed by atoms with Gasteiger partial charge in [0.25, 0.3) is 0 Å². The molecule has 0 bridgehead atoms. The summed E-state index contributed by atoms with van der Waals surface area (Å²) in [5.74, 6) is 1.85. The van der Waals surface area contributed by atoms with Crippen LogP contribution in [-0.4, -0.2) is 27.4 Å². The van der Waals surface area contributed by atoms with E-state index in [4.69, 9.17) is 0 Å². The molecule has 4 heteroatoms. The Morgan fingerprint density at radius 2 is 2.18 bits per heavy atom. The largest absolute Gasteiger partial charge is 0.314 e. The second-order valence-electron chi connectivity index (χ2n) is 5.07. The molecular weight excluding hydrogens is 212 g/mol. The Kier molecular flexibility index (Phi) is 4.54. The summed E-state index contributed by atoms with van der Waals surface area (Å²) in [5, 5.41) is 7.81. The average molecular weight is 236 g/mol. The molecule has 2 rings (SSSR count). The first-order valence-electron chi connectivity index (χ1n) is 6.87. The molecule has 0 spiro atoms. The monoisotopic (exact) mass is 236 g/mol. The molecule has 2 atom stereocenters. The Hall–Kier alpha value is -0.900. The van der Waals surface area contributed by atoms with Crippen molar-refractivity contribution in [1.82, 2.24) is 20.1 Å². The number of nitrogens with zero attached hydrogens (tertiary/aromatic N) is 3. The van der Waals surface area contributed by atoms with Crippen LogP contribution in [0.3, 0.4) is 0 Å². The maximum atomic E-state index is 4.36. The summed E-state index contributed by atoms with van der Waals surface area (Å²) in [7, 11) is 1.99. The molecule has 1 saturated carbocycles. The molecule has 0 amide bonds. The summed E-state index contributed by atoms with van der Waals surface area (Å²) >= 11 is 0. The highest BCUT2D eigenvalue weighted by molar-refractivity contribution is 4.91. The highest BCUT2D eigenvalue weighted by atomic mass is 15.3. The third-order valence-corrected chi connectivity index (χ3v) is 3.88. The summed E-state index contributed by atoms with van der Waals surface area (Å²) in [5.41, 5.74) is 0. The first-order chi connectivity index (χ1) is 8.31. The van der Waals surface area contributed by atoms with Gasteiger partial charge in [-0.05, 0) is 25.3 Å². The van der Waals surface area contributed by atoms with Gasteiger partial charge in [0.05, 0.1) is 0 Å². The van der Waals surface area contributed by atoms with Crippen LogP contribution in [0.15, 0.2) is 6.33 Å². The van der Waals surface area contributed by atoms with Crippen LogP contribution in [-0.2, 0) is 13.5 Å². The lowest BCUT2D eigenvalue weighted by Crippen LogP contribution is -2.36. The minimum Gasteiger partial charge on any atom is -0.314 e. The van der Waals surface area contributed by atoms with E-state index in [1.807, 2.05) is 11.7 Å². The zero-order chi connectivity index (χ0) is 12.1. The van der Waals surface area contributed by atoms with E-state index in [0.717, 1.165) is 24.7 Å². The van der Waals surface area contributed by atoms with Crippen molar-refractivity contribution in [3.05, 3.63) is 12.2 Å². The number of nitrogens with one attached hydrogen (secondary N) is 1. The van der Waals surface area contributed by atoms with E-state index in [0.29, 0.717) is 6.04 Å². The predicted octanol–water partition coefficient (Wildman–Crippen LogP) is 1.92. The molecule has 96 valence electrons. The van der Waals surface area contributed by atoms with Gasteiger partial charge in [-0.15, -0.1) is 0 Å². The molecule has 1 aliphatic rings. The van der Waals surface area contributed by atoms with E-state index in [2.05, 4.69) is 22.3 Å². The number of aryl methyl sites for hydroxylation is 1. The number of hydrogen-bond acceptors (Lipinski definition) is 3. The van der Waals surface area contributed by atoms with E-state index < -0.39 is 0 Å². The Labute approximate surface area is 104 Å². The van der Waals surface area contributed by atoms with Crippen LogP contribution in [0, 0.1) is 5.92 Å². The standard InChI is InChI=1S/C13H24N4/c1-3-14-12-8-6-4-5-7-11(12)9-13-15-10-16-17(13)2/h10-12,14H,3-9H2,1-2H3. The molecule has 0 radical (unpaired) electrons. The summed E-state index contributed by atoms with van der Waals surface area (Å²) in [6.07, 6.45) is 9.48. The minimum atomic E-state index is 0.666. The molecule has 1 aromatic rings. The molecule has 0 aromatic carbocycles. The molecule has 1 N–H and O–H groups in total. The van der Waals surface area contributed by atoms with Crippen molar-refractivity contribution in [3.8, 4) is 0 Å². The molecule has 1 aliphatic carbocycles. The molecule has 0 saturated heterocycles. The van der Waals surface area contributed by atoms with Gasteiger partial charge in [0.1, 0.15) is 12.2 Å². The second-order valence-corrected chi connectivity index (χ2v) is 5.07. The highest BCUT2D eigenvalue weighted by Gasteiger charge is 2.24. The highest BCUT2D eigenvalue weighted by Crippen LogP contribution is 2.26. The van der Waals surface area contributed by atoms with E-state index in [1.54, 1.807) is 6.33 Å². The zero-order valence-corrected chi connectivity index (χ0v) is 11.0. The fourth-order valence-corrected chi connectivity index (χ4v) is 2.90. The quantitative estimate of drug-likeness (QED) is 0.812. The van der Waals surface area contributed by atoms with Crippen LogP contribution < -0.4 is 5.32 Å². The van der Waals surface area contributed by atoms with Crippen LogP contribution >= 0.6 is 0 Å². The summed E-state index contributed by atoms with van der Waals surface area (Å²) < 4.78 is 1.91.